The first kappa shape index (κ1) is 16.2. The van der Waals surface area contributed by atoms with Crippen LogP contribution in [0.15, 0.2) is 34.9 Å². The molecule has 0 aromatic carbocycles. The van der Waals surface area contributed by atoms with Crippen LogP contribution in [0.25, 0.3) is 0 Å². The predicted octanol–water partition coefficient (Wildman–Crippen LogP) is 3.69. The number of carbonyl (C=O) groups excluding carboxylic acids is 1. The van der Waals surface area contributed by atoms with Crippen molar-refractivity contribution in [1.29, 1.82) is 5.26 Å². The number of nitriles is 1. The Morgan fingerprint density at radius 1 is 1.28 bits per heavy atom. The van der Waals surface area contributed by atoms with Gasteiger partial charge in [-0.15, -0.1) is 0 Å². The van der Waals surface area contributed by atoms with Crippen molar-refractivity contribution in [3.63, 3.8) is 0 Å². The molecule has 0 amide bonds. The third kappa shape index (κ3) is 7.45. The molecule has 0 saturated carbocycles. The Hall–Kier alpha value is -1.82. The molecule has 0 rings (SSSR count). The number of ether oxygens (including phenoxy) is 1. The normalized spacial score (nSPS) is 11.7. The SMILES string of the molecule is CCOC(=O)/C(C#N)=C\C=C(\C)CCC=C(C)C. The second-order valence-electron chi connectivity index (χ2n) is 4.25. The molecule has 3 nitrogen and oxygen atoms in total. The van der Waals surface area contributed by atoms with Gasteiger partial charge in [0.15, 0.2) is 0 Å². The van der Waals surface area contributed by atoms with E-state index in [9.17, 15) is 4.79 Å². The van der Waals surface area contributed by atoms with Crippen molar-refractivity contribution in [3.8, 4) is 6.07 Å². The van der Waals surface area contributed by atoms with E-state index in [1.54, 1.807) is 13.0 Å². The lowest BCUT2D eigenvalue weighted by Gasteiger charge is -1.99. The van der Waals surface area contributed by atoms with Gasteiger partial charge in [0.2, 0.25) is 0 Å². The Balaban J connectivity index is 4.51. The number of esters is 1. The largest absolute Gasteiger partial charge is 0.462 e. The molecule has 0 saturated heterocycles. The Morgan fingerprint density at radius 3 is 2.44 bits per heavy atom. The number of rotatable bonds is 6. The van der Waals surface area contributed by atoms with Crippen molar-refractivity contribution in [2.45, 2.75) is 40.5 Å². The van der Waals surface area contributed by atoms with Crippen LogP contribution < -0.4 is 0 Å². The number of hydrogen-bond donors (Lipinski definition) is 0. The van der Waals surface area contributed by atoms with E-state index in [-0.39, 0.29) is 12.2 Å². The van der Waals surface area contributed by atoms with E-state index in [2.05, 4.69) is 19.9 Å². The minimum atomic E-state index is -0.562. The Labute approximate surface area is 109 Å². The molecule has 0 aliphatic rings. The first-order valence-electron chi connectivity index (χ1n) is 6.09. The van der Waals surface area contributed by atoms with Crippen LogP contribution in [-0.4, -0.2) is 12.6 Å². The van der Waals surface area contributed by atoms with Gasteiger partial charge in [0.05, 0.1) is 6.61 Å². The first-order chi connectivity index (χ1) is 8.51. The highest BCUT2D eigenvalue weighted by atomic mass is 16.5. The summed E-state index contributed by atoms with van der Waals surface area (Å²) in [5, 5.41) is 8.83. The van der Waals surface area contributed by atoms with Crippen LogP contribution >= 0.6 is 0 Å². The van der Waals surface area contributed by atoms with Gasteiger partial charge < -0.3 is 4.74 Å². The zero-order valence-corrected chi connectivity index (χ0v) is 11.6. The van der Waals surface area contributed by atoms with Crippen molar-refractivity contribution in [2.75, 3.05) is 6.61 Å². The van der Waals surface area contributed by atoms with Crippen LogP contribution in [0.2, 0.25) is 0 Å². The summed E-state index contributed by atoms with van der Waals surface area (Å²) in [7, 11) is 0. The molecule has 18 heavy (non-hydrogen) atoms. The molecule has 0 fully saturated rings. The standard InChI is InChI=1S/C15H21NO2/c1-5-18-15(17)14(11-16)10-9-13(4)8-6-7-12(2)3/h7,9-10H,5-6,8H2,1-4H3/b13-9-,14-10-. The van der Waals surface area contributed by atoms with Gasteiger partial charge in [-0.25, -0.2) is 4.79 Å². The summed E-state index contributed by atoms with van der Waals surface area (Å²) in [5.41, 5.74) is 2.46. The van der Waals surface area contributed by atoms with Crippen LogP contribution in [0.3, 0.4) is 0 Å². The number of carbonyl (C=O) groups is 1. The lowest BCUT2D eigenvalue weighted by Crippen LogP contribution is -2.05. The van der Waals surface area contributed by atoms with E-state index in [0.29, 0.717) is 0 Å². The summed E-state index contributed by atoms with van der Waals surface area (Å²) in [6.07, 6.45) is 7.38. The number of hydrogen-bond acceptors (Lipinski definition) is 3. The van der Waals surface area contributed by atoms with Crippen LogP contribution in [-0.2, 0) is 9.53 Å². The van der Waals surface area contributed by atoms with E-state index in [0.717, 1.165) is 18.4 Å². The molecule has 0 N–H and O–H groups in total. The van der Waals surface area contributed by atoms with Crippen LogP contribution in [0.4, 0.5) is 0 Å². The van der Waals surface area contributed by atoms with E-state index in [1.807, 2.05) is 13.0 Å². The fourth-order valence-corrected chi connectivity index (χ4v) is 1.26. The van der Waals surface area contributed by atoms with E-state index in [4.69, 9.17) is 10.00 Å². The Kier molecular flexibility index (Phi) is 8.30. The summed E-state index contributed by atoms with van der Waals surface area (Å²) in [6.45, 7) is 8.10. The maximum atomic E-state index is 11.3. The molecule has 98 valence electrons. The van der Waals surface area contributed by atoms with Gasteiger partial charge in [-0.3, -0.25) is 0 Å². The fourth-order valence-electron chi connectivity index (χ4n) is 1.26. The van der Waals surface area contributed by atoms with Gasteiger partial charge in [0.25, 0.3) is 0 Å². The van der Waals surface area contributed by atoms with Crippen LogP contribution in [0.1, 0.15) is 40.5 Å². The van der Waals surface area contributed by atoms with Crippen LogP contribution in [0, 0.1) is 11.3 Å². The highest BCUT2D eigenvalue weighted by Gasteiger charge is 2.07. The molecule has 0 aromatic rings. The zero-order chi connectivity index (χ0) is 14.0. The molecule has 0 aliphatic carbocycles. The molecule has 0 spiro atoms. The molecule has 0 bridgehead atoms. The van der Waals surface area contributed by atoms with Gasteiger partial charge >= 0.3 is 5.97 Å². The second kappa shape index (κ2) is 9.23. The quantitative estimate of drug-likeness (QED) is 0.236. The average molecular weight is 247 g/mol. The van der Waals surface area contributed by atoms with Crippen molar-refractivity contribution in [1.82, 2.24) is 0 Å². The van der Waals surface area contributed by atoms with Crippen LogP contribution in [0.5, 0.6) is 0 Å². The molecule has 0 radical (unpaired) electrons. The molecular weight excluding hydrogens is 226 g/mol. The summed E-state index contributed by atoms with van der Waals surface area (Å²) < 4.78 is 4.77. The van der Waals surface area contributed by atoms with E-state index < -0.39 is 5.97 Å². The lowest BCUT2D eigenvalue weighted by molar-refractivity contribution is -0.138. The summed E-state index contributed by atoms with van der Waals surface area (Å²) in [4.78, 5) is 11.3. The van der Waals surface area contributed by atoms with Crippen molar-refractivity contribution >= 4 is 5.97 Å². The third-order valence-corrected chi connectivity index (χ3v) is 2.24. The monoisotopic (exact) mass is 247 g/mol. The lowest BCUT2D eigenvalue weighted by atomic mass is 10.1. The summed E-state index contributed by atoms with van der Waals surface area (Å²) >= 11 is 0. The molecule has 0 atom stereocenters. The van der Waals surface area contributed by atoms with Gasteiger partial charge in [-0.1, -0.05) is 23.3 Å². The average Bonchev–Trinajstić information content (AvgIpc) is 2.29. The molecule has 0 heterocycles. The number of allylic oxidation sites excluding steroid dienone is 5. The minimum Gasteiger partial charge on any atom is -0.462 e. The zero-order valence-electron chi connectivity index (χ0n) is 11.6. The maximum absolute atomic E-state index is 11.3. The smallest absolute Gasteiger partial charge is 0.348 e. The van der Waals surface area contributed by atoms with E-state index in [1.165, 1.54) is 11.6 Å². The number of nitrogens with zero attached hydrogens (tertiary/aromatic N) is 1. The minimum absolute atomic E-state index is 0.0402. The topological polar surface area (TPSA) is 50.1 Å². The highest BCUT2D eigenvalue weighted by Crippen LogP contribution is 2.08. The van der Waals surface area contributed by atoms with Gasteiger partial charge in [0, 0.05) is 0 Å². The first-order valence-corrected chi connectivity index (χ1v) is 6.09. The summed E-state index contributed by atoms with van der Waals surface area (Å²) in [6, 6.07) is 1.85. The van der Waals surface area contributed by atoms with Crippen molar-refractivity contribution in [2.24, 2.45) is 0 Å². The molecular formula is C15H21NO2. The third-order valence-electron chi connectivity index (χ3n) is 2.24. The van der Waals surface area contributed by atoms with Gasteiger partial charge in [-0.2, -0.15) is 5.26 Å². The second-order valence-corrected chi connectivity index (χ2v) is 4.25. The van der Waals surface area contributed by atoms with Crippen molar-refractivity contribution in [3.05, 3.63) is 34.9 Å². The van der Waals surface area contributed by atoms with Crippen molar-refractivity contribution < 1.29 is 9.53 Å². The molecule has 0 unspecified atom stereocenters. The Morgan fingerprint density at radius 2 is 1.94 bits per heavy atom. The van der Waals surface area contributed by atoms with Gasteiger partial charge in [-0.05, 0) is 46.6 Å². The highest BCUT2D eigenvalue weighted by molar-refractivity contribution is 5.93. The molecule has 0 aromatic heterocycles. The molecule has 3 heteroatoms. The maximum Gasteiger partial charge on any atom is 0.348 e. The summed E-state index contributed by atoms with van der Waals surface area (Å²) in [5.74, 6) is -0.562. The fraction of sp³-hybridized carbons (Fsp3) is 0.467. The van der Waals surface area contributed by atoms with Gasteiger partial charge in [0.1, 0.15) is 11.6 Å². The molecule has 0 aliphatic heterocycles. The Bertz CT molecular complexity index is 405. The predicted molar refractivity (Wildman–Crippen MR) is 72.8 cm³/mol. The van der Waals surface area contributed by atoms with E-state index >= 15 is 0 Å².